The molecular formula is C12H16O. The molecule has 1 heteroatoms. The lowest BCUT2D eigenvalue weighted by Crippen LogP contribution is -2.15. The van der Waals surface area contributed by atoms with Crippen molar-refractivity contribution in [2.45, 2.75) is 26.7 Å². The second kappa shape index (κ2) is 3.06. The molecule has 0 radical (unpaired) electrons. The van der Waals surface area contributed by atoms with Gasteiger partial charge in [0.15, 0.2) is 0 Å². The molecule has 0 N–H and O–H groups in total. The van der Waals surface area contributed by atoms with Crippen LogP contribution in [0.4, 0.5) is 0 Å². The van der Waals surface area contributed by atoms with Crippen LogP contribution in [0.1, 0.15) is 25.8 Å². The van der Waals surface area contributed by atoms with Gasteiger partial charge in [0.1, 0.15) is 5.75 Å². The summed E-state index contributed by atoms with van der Waals surface area (Å²) in [4.78, 5) is 0. The lowest BCUT2D eigenvalue weighted by Gasteiger charge is -2.20. The van der Waals surface area contributed by atoms with Gasteiger partial charge < -0.3 is 4.74 Å². The predicted molar refractivity (Wildman–Crippen MR) is 54.0 cm³/mol. The molecule has 0 atom stereocenters. The lowest BCUT2D eigenvalue weighted by molar-refractivity contribution is 0.250. The van der Waals surface area contributed by atoms with Gasteiger partial charge in [-0.3, -0.25) is 0 Å². The third kappa shape index (κ3) is 1.85. The average Bonchev–Trinajstić information content (AvgIpc) is 2.21. The summed E-state index contributed by atoms with van der Waals surface area (Å²) in [5.41, 5.74) is 1.73. The first-order valence-electron chi connectivity index (χ1n) is 4.88. The van der Waals surface area contributed by atoms with E-state index in [4.69, 9.17) is 4.74 Å². The number of hydrogen-bond acceptors (Lipinski definition) is 1. The molecule has 1 aliphatic heterocycles. The SMILES string of the molecule is CC1(C)CCOc2ccccc2C1. The molecule has 1 nitrogen and oxygen atoms in total. The normalized spacial score (nSPS) is 19.8. The van der Waals surface area contributed by atoms with Crippen LogP contribution >= 0.6 is 0 Å². The van der Waals surface area contributed by atoms with Crippen LogP contribution in [0.15, 0.2) is 24.3 Å². The van der Waals surface area contributed by atoms with Crippen LogP contribution in [-0.4, -0.2) is 6.61 Å². The van der Waals surface area contributed by atoms with Gasteiger partial charge in [0.2, 0.25) is 0 Å². The molecule has 2 rings (SSSR count). The van der Waals surface area contributed by atoms with Crippen molar-refractivity contribution >= 4 is 0 Å². The number of fused-ring (bicyclic) bond motifs is 1. The number of benzene rings is 1. The molecule has 0 saturated carbocycles. The van der Waals surface area contributed by atoms with E-state index in [1.54, 1.807) is 0 Å². The lowest BCUT2D eigenvalue weighted by atomic mass is 9.83. The van der Waals surface area contributed by atoms with Gasteiger partial charge in [-0.2, -0.15) is 0 Å². The summed E-state index contributed by atoms with van der Waals surface area (Å²) in [6.45, 7) is 5.46. The van der Waals surface area contributed by atoms with Crippen molar-refractivity contribution in [1.82, 2.24) is 0 Å². The number of para-hydroxylation sites is 1. The van der Waals surface area contributed by atoms with Crippen LogP contribution in [0, 0.1) is 5.41 Å². The summed E-state index contributed by atoms with van der Waals surface area (Å²) in [6, 6.07) is 8.36. The summed E-state index contributed by atoms with van der Waals surface area (Å²) in [5.74, 6) is 1.08. The molecule has 13 heavy (non-hydrogen) atoms. The van der Waals surface area contributed by atoms with Crippen molar-refractivity contribution < 1.29 is 4.74 Å². The van der Waals surface area contributed by atoms with Crippen molar-refractivity contribution in [3.63, 3.8) is 0 Å². The largest absolute Gasteiger partial charge is 0.493 e. The Kier molecular flexibility index (Phi) is 2.03. The predicted octanol–water partition coefficient (Wildman–Crippen LogP) is 3.04. The molecule has 1 aromatic carbocycles. The quantitative estimate of drug-likeness (QED) is 0.590. The minimum absolute atomic E-state index is 0.382. The van der Waals surface area contributed by atoms with Crippen molar-refractivity contribution in [2.24, 2.45) is 5.41 Å². The standard InChI is InChI=1S/C12H16O/c1-12(2)7-8-13-11-6-4-3-5-10(11)9-12/h3-6H,7-9H2,1-2H3. The highest BCUT2D eigenvalue weighted by atomic mass is 16.5. The number of hydrogen-bond donors (Lipinski definition) is 0. The van der Waals surface area contributed by atoms with E-state index in [0.717, 1.165) is 25.2 Å². The zero-order valence-electron chi connectivity index (χ0n) is 8.34. The van der Waals surface area contributed by atoms with E-state index < -0.39 is 0 Å². The molecule has 1 aromatic rings. The molecule has 1 heterocycles. The zero-order chi connectivity index (χ0) is 9.31. The molecule has 0 unspecified atom stereocenters. The minimum Gasteiger partial charge on any atom is -0.493 e. The van der Waals surface area contributed by atoms with E-state index in [1.165, 1.54) is 5.56 Å². The molecule has 0 spiro atoms. The molecule has 1 aliphatic rings. The highest BCUT2D eigenvalue weighted by Crippen LogP contribution is 2.33. The van der Waals surface area contributed by atoms with Crippen LogP contribution < -0.4 is 4.74 Å². The zero-order valence-corrected chi connectivity index (χ0v) is 8.34. The molecule has 0 aromatic heterocycles. The van der Waals surface area contributed by atoms with Gasteiger partial charge >= 0.3 is 0 Å². The average molecular weight is 176 g/mol. The van der Waals surface area contributed by atoms with Gasteiger partial charge in [-0.25, -0.2) is 0 Å². The van der Waals surface area contributed by atoms with E-state index in [-0.39, 0.29) is 0 Å². The van der Waals surface area contributed by atoms with Crippen LogP contribution in [0.3, 0.4) is 0 Å². The number of ether oxygens (including phenoxy) is 1. The topological polar surface area (TPSA) is 9.23 Å². The maximum absolute atomic E-state index is 5.68. The van der Waals surface area contributed by atoms with Crippen LogP contribution in [-0.2, 0) is 6.42 Å². The Morgan fingerprint density at radius 2 is 2.00 bits per heavy atom. The fourth-order valence-corrected chi connectivity index (χ4v) is 1.83. The maximum atomic E-state index is 5.68. The summed E-state index contributed by atoms with van der Waals surface area (Å²) in [5, 5.41) is 0. The molecule has 70 valence electrons. The first-order chi connectivity index (χ1) is 6.17. The van der Waals surface area contributed by atoms with Gasteiger partial charge in [-0.05, 0) is 29.9 Å². The Balaban J connectivity index is 2.34. The summed E-state index contributed by atoms with van der Waals surface area (Å²) in [6.07, 6.45) is 2.27. The maximum Gasteiger partial charge on any atom is 0.122 e. The molecule has 0 saturated heterocycles. The highest BCUT2D eigenvalue weighted by Gasteiger charge is 2.23. The first kappa shape index (κ1) is 8.61. The molecule has 0 amide bonds. The second-order valence-electron chi connectivity index (χ2n) is 4.55. The Bertz CT molecular complexity index is 302. The fourth-order valence-electron chi connectivity index (χ4n) is 1.83. The summed E-state index contributed by atoms with van der Waals surface area (Å²) < 4.78 is 5.68. The summed E-state index contributed by atoms with van der Waals surface area (Å²) in [7, 11) is 0. The minimum atomic E-state index is 0.382. The Labute approximate surface area is 79.7 Å². The molecule has 0 aliphatic carbocycles. The second-order valence-corrected chi connectivity index (χ2v) is 4.55. The Morgan fingerprint density at radius 3 is 2.85 bits per heavy atom. The summed E-state index contributed by atoms with van der Waals surface area (Å²) >= 11 is 0. The van der Waals surface area contributed by atoms with Crippen LogP contribution in [0.25, 0.3) is 0 Å². The van der Waals surface area contributed by atoms with Gasteiger partial charge in [0.05, 0.1) is 6.61 Å². The molecule has 0 fully saturated rings. The molecular weight excluding hydrogens is 160 g/mol. The Morgan fingerprint density at radius 1 is 1.23 bits per heavy atom. The third-order valence-corrected chi connectivity index (χ3v) is 2.68. The van der Waals surface area contributed by atoms with Crippen LogP contribution in [0.2, 0.25) is 0 Å². The van der Waals surface area contributed by atoms with Crippen molar-refractivity contribution in [1.29, 1.82) is 0 Å². The highest BCUT2D eigenvalue weighted by molar-refractivity contribution is 5.34. The van der Waals surface area contributed by atoms with E-state index in [9.17, 15) is 0 Å². The van der Waals surface area contributed by atoms with Crippen molar-refractivity contribution in [2.75, 3.05) is 6.61 Å². The third-order valence-electron chi connectivity index (χ3n) is 2.68. The molecule has 0 bridgehead atoms. The van der Waals surface area contributed by atoms with E-state index >= 15 is 0 Å². The van der Waals surface area contributed by atoms with Crippen LogP contribution in [0.5, 0.6) is 5.75 Å². The van der Waals surface area contributed by atoms with Gasteiger partial charge in [-0.15, -0.1) is 0 Å². The van der Waals surface area contributed by atoms with Gasteiger partial charge in [-0.1, -0.05) is 32.0 Å². The van der Waals surface area contributed by atoms with Crippen molar-refractivity contribution in [3.05, 3.63) is 29.8 Å². The van der Waals surface area contributed by atoms with E-state index in [1.807, 2.05) is 6.07 Å². The number of rotatable bonds is 0. The van der Waals surface area contributed by atoms with Gasteiger partial charge in [0, 0.05) is 0 Å². The first-order valence-corrected chi connectivity index (χ1v) is 4.88. The van der Waals surface area contributed by atoms with E-state index in [2.05, 4.69) is 32.0 Å². The monoisotopic (exact) mass is 176 g/mol. The van der Waals surface area contributed by atoms with E-state index in [0.29, 0.717) is 5.41 Å². The fraction of sp³-hybridized carbons (Fsp3) is 0.500. The smallest absolute Gasteiger partial charge is 0.122 e. The van der Waals surface area contributed by atoms with Gasteiger partial charge in [0.25, 0.3) is 0 Å². The van der Waals surface area contributed by atoms with Crippen molar-refractivity contribution in [3.8, 4) is 5.75 Å². The Hall–Kier alpha value is -0.980.